The minimum atomic E-state index is 0.0815. The summed E-state index contributed by atoms with van der Waals surface area (Å²) in [7, 11) is 5.87. The maximum absolute atomic E-state index is 5.93. The molecule has 0 fully saturated rings. The van der Waals surface area contributed by atoms with E-state index in [2.05, 4.69) is 32.0 Å². The fraction of sp³-hybridized carbons (Fsp3) is 0.571. The van der Waals surface area contributed by atoms with Crippen LogP contribution < -0.4 is 10.5 Å². The first kappa shape index (κ1) is 14.0. The summed E-state index contributed by atoms with van der Waals surface area (Å²) in [6.45, 7) is 3.87. The van der Waals surface area contributed by atoms with E-state index in [1.165, 1.54) is 5.56 Å². The SMILES string of the molecule is COc1ccccc1CC(C)(CN)CN(C)C. The molecule has 0 aromatic heterocycles. The maximum atomic E-state index is 5.93. The van der Waals surface area contributed by atoms with Crippen LogP contribution in [0.4, 0.5) is 0 Å². The van der Waals surface area contributed by atoms with Gasteiger partial charge in [0.15, 0.2) is 0 Å². The van der Waals surface area contributed by atoms with E-state index in [4.69, 9.17) is 10.5 Å². The molecule has 0 bridgehead atoms. The molecule has 2 N–H and O–H groups in total. The molecule has 1 atom stereocenters. The lowest BCUT2D eigenvalue weighted by Gasteiger charge is -2.31. The molecule has 0 saturated heterocycles. The van der Waals surface area contributed by atoms with Crippen LogP contribution in [0, 0.1) is 5.41 Å². The molecule has 0 radical (unpaired) electrons. The molecule has 96 valence electrons. The first-order chi connectivity index (χ1) is 8.00. The third kappa shape index (κ3) is 4.02. The number of methoxy groups -OCH3 is 1. The normalized spacial score (nSPS) is 14.7. The summed E-state index contributed by atoms with van der Waals surface area (Å²) < 4.78 is 5.39. The Hall–Kier alpha value is -1.06. The first-order valence-electron chi connectivity index (χ1n) is 5.97. The Bertz CT molecular complexity index is 352. The highest BCUT2D eigenvalue weighted by atomic mass is 16.5. The zero-order chi connectivity index (χ0) is 12.9. The van der Waals surface area contributed by atoms with Crippen molar-refractivity contribution in [3.63, 3.8) is 0 Å². The second-order valence-electron chi connectivity index (χ2n) is 5.24. The van der Waals surface area contributed by atoms with E-state index in [0.29, 0.717) is 6.54 Å². The van der Waals surface area contributed by atoms with Gasteiger partial charge in [0.1, 0.15) is 5.75 Å². The molecule has 3 heteroatoms. The van der Waals surface area contributed by atoms with Crippen LogP contribution in [0.25, 0.3) is 0 Å². The summed E-state index contributed by atoms with van der Waals surface area (Å²) in [5.41, 5.74) is 7.24. The van der Waals surface area contributed by atoms with Gasteiger partial charge < -0.3 is 15.4 Å². The van der Waals surface area contributed by atoms with E-state index in [0.717, 1.165) is 18.7 Å². The highest BCUT2D eigenvalue weighted by molar-refractivity contribution is 5.34. The smallest absolute Gasteiger partial charge is 0.122 e. The minimum absolute atomic E-state index is 0.0815. The molecular formula is C14H24N2O. The molecule has 0 aliphatic rings. The van der Waals surface area contributed by atoms with Crippen LogP contribution >= 0.6 is 0 Å². The fourth-order valence-electron chi connectivity index (χ4n) is 2.26. The summed E-state index contributed by atoms with van der Waals surface area (Å²) >= 11 is 0. The van der Waals surface area contributed by atoms with Crippen molar-refractivity contribution in [3.8, 4) is 5.75 Å². The van der Waals surface area contributed by atoms with Crippen molar-refractivity contribution < 1.29 is 4.74 Å². The van der Waals surface area contributed by atoms with Crippen molar-refractivity contribution in [2.75, 3.05) is 34.3 Å². The van der Waals surface area contributed by atoms with Crippen LogP contribution in [0.3, 0.4) is 0 Å². The largest absolute Gasteiger partial charge is 0.496 e. The van der Waals surface area contributed by atoms with E-state index in [9.17, 15) is 0 Å². The van der Waals surface area contributed by atoms with Crippen LogP contribution in [0.2, 0.25) is 0 Å². The Balaban J connectivity index is 2.86. The third-order valence-corrected chi connectivity index (χ3v) is 3.00. The van der Waals surface area contributed by atoms with Crippen molar-refractivity contribution >= 4 is 0 Å². The Morgan fingerprint density at radius 3 is 2.47 bits per heavy atom. The van der Waals surface area contributed by atoms with Gasteiger partial charge >= 0.3 is 0 Å². The topological polar surface area (TPSA) is 38.5 Å². The molecule has 1 rings (SSSR count). The number of rotatable bonds is 6. The molecule has 17 heavy (non-hydrogen) atoms. The molecule has 1 unspecified atom stereocenters. The Morgan fingerprint density at radius 2 is 1.94 bits per heavy atom. The lowest BCUT2D eigenvalue weighted by molar-refractivity contribution is 0.222. The van der Waals surface area contributed by atoms with Crippen LogP contribution in [0.1, 0.15) is 12.5 Å². The van der Waals surface area contributed by atoms with Crippen molar-refractivity contribution in [2.45, 2.75) is 13.3 Å². The van der Waals surface area contributed by atoms with Gasteiger partial charge in [-0.15, -0.1) is 0 Å². The lowest BCUT2D eigenvalue weighted by Crippen LogP contribution is -2.39. The van der Waals surface area contributed by atoms with Gasteiger partial charge in [0, 0.05) is 6.54 Å². The summed E-state index contributed by atoms with van der Waals surface area (Å²) in [5, 5.41) is 0. The number of nitrogens with zero attached hydrogens (tertiary/aromatic N) is 1. The first-order valence-corrected chi connectivity index (χ1v) is 5.97. The van der Waals surface area contributed by atoms with Crippen molar-refractivity contribution in [1.82, 2.24) is 4.90 Å². The maximum Gasteiger partial charge on any atom is 0.122 e. The summed E-state index contributed by atoms with van der Waals surface area (Å²) in [4.78, 5) is 2.18. The Morgan fingerprint density at radius 1 is 1.29 bits per heavy atom. The zero-order valence-electron chi connectivity index (χ0n) is 11.4. The second kappa shape index (κ2) is 6.03. The number of nitrogens with two attached hydrogens (primary N) is 1. The van der Waals surface area contributed by atoms with Crippen molar-refractivity contribution in [3.05, 3.63) is 29.8 Å². The number of hydrogen-bond acceptors (Lipinski definition) is 3. The number of ether oxygens (including phenoxy) is 1. The Kier molecular flexibility index (Phi) is 4.97. The molecule has 0 spiro atoms. The van der Waals surface area contributed by atoms with Crippen LogP contribution in [0.5, 0.6) is 5.75 Å². The van der Waals surface area contributed by atoms with Gasteiger partial charge in [0.05, 0.1) is 7.11 Å². The summed E-state index contributed by atoms with van der Waals surface area (Å²) in [6.07, 6.45) is 0.936. The van der Waals surface area contributed by atoms with Crippen LogP contribution in [-0.2, 0) is 6.42 Å². The highest BCUT2D eigenvalue weighted by Crippen LogP contribution is 2.27. The predicted molar refractivity (Wildman–Crippen MR) is 72.4 cm³/mol. The number of benzene rings is 1. The van der Waals surface area contributed by atoms with Gasteiger partial charge in [-0.1, -0.05) is 25.1 Å². The van der Waals surface area contributed by atoms with Crippen LogP contribution in [0.15, 0.2) is 24.3 Å². The molecule has 0 amide bonds. The van der Waals surface area contributed by atoms with Crippen molar-refractivity contribution in [2.24, 2.45) is 11.1 Å². The van der Waals surface area contributed by atoms with Crippen LogP contribution in [-0.4, -0.2) is 39.2 Å². The Labute approximate surface area is 105 Å². The molecule has 0 heterocycles. The molecule has 1 aromatic carbocycles. The van der Waals surface area contributed by atoms with Gasteiger partial charge in [-0.3, -0.25) is 0 Å². The molecule has 0 aliphatic heterocycles. The molecular weight excluding hydrogens is 212 g/mol. The average Bonchev–Trinajstić information content (AvgIpc) is 2.28. The average molecular weight is 236 g/mol. The van der Waals surface area contributed by atoms with E-state index < -0.39 is 0 Å². The van der Waals surface area contributed by atoms with Gasteiger partial charge in [-0.25, -0.2) is 0 Å². The number of para-hydroxylation sites is 1. The molecule has 0 aliphatic carbocycles. The van der Waals surface area contributed by atoms with E-state index in [1.807, 2.05) is 18.2 Å². The van der Waals surface area contributed by atoms with Gasteiger partial charge in [0.2, 0.25) is 0 Å². The zero-order valence-corrected chi connectivity index (χ0v) is 11.4. The van der Waals surface area contributed by atoms with E-state index in [-0.39, 0.29) is 5.41 Å². The van der Waals surface area contributed by atoms with Gasteiger partial charge in [-0.2, -0.15) is 0 Å². The predicted octanol–water partition coefficient (Wildman–Crippen LogP) is 1.76. The molecule has 1 aromatic rings. The minimum Gasteiger partial charge on any atom is -0.496 e. The summed E-state index contributed by atoms with van der Waals surface area (Å²) in [6, 6.07) is 8.16. The highest BCUT2D eigenvalue weighted by Gasteiger charge is 2.25. The van der Waals surface area contributed by atoms with Gasteiger partial charge in [0.25, 0.3) is 0 Å². The van der Waals surface area contributed by atoms with E-state index >= 15 is 0 Å². The van der Waals surface area contributed by atoms with E-state index in [1.54, 1.807) is 7.11 Å². The molecule has 3 nitrogen and oxygen atoms in total. The quantitative estimate of drug-likeness (QED) is 0.818. The third-order valence-electron chi connectivity index (χ3n) is 3.00. The monoisotopic (exact) mass is 236 g/mol. The van der Waals surface area contributed by atoms with Gasteiger partial charge in [-0.05, 0) is 44.1 Å². The summed E-state index contributed by atoms with van der Waals surface area (Å²) in [5.74, 6) is 0.950. The second-order valence-corrected chi connectivity index (χ2v) is 5.24. The molecule has 0 saturated carbocycles. The number of hydrogen-bond donors (Lipinski definition) is 1. The fourth-order valence-corrected chi connectivity index (χ4v) is 2.26. The lowest BCUT2D eigenvalue weighted by atomic mass is 9.83. The standard InChI is InChI=1S/C14H24N2O/c1-14(10-15,11-16(2)3)9-12-7-5-6-8-13(12)17-4/h5-8H,9-11,15H2,1-4H3. The van der Waals surface area contributed by atoms with Crippen molar-refractivity contribution in [1.29, 1.82) is 0 Å².